The topological polar surface area (TPSA) is 43.8 Å². The van der Waals surface area contributed by atoms with Gasteiger partial charge >= 0.3 is 0 Å². The monoisotopic (exact) mass is 193 g/mol. The second kappa shape index (κ2) is 3.73. The Bertz CT molecular complexity index is 312. The summed E-state index contributed by atoms with van der Waals surface area (Å²) >= 11 is 0. The van der Waals surface area contributed by atoms with Gasteiger partial charge in [-0.05, 0) is 37.8 Å². The predicted molar refractivity (Wildman–Crippen MR) is 57.3 cm³/mol. The van der Waals surface area contributed by atoms with Crippen LogP contribution in [0.1, 0.15) is 49.8 Å². The molecule has 0 aliphatic heterocycles. The van der Waals surface area contributed by atoms with Gasteiger partial charge in [0.2, 0.25) is 0 Å². The molecule has 0 amide bonds. The number of nitrogens with two attached hydrogens (primary N) is 1. The van der Waals surface area contributed by atoms with E-state index < -0.39 is 0 Å². The largest absolute Gasteiger partial charge is 0.330 e. The van der Waals surface area contributed by atoms with Crippen molar-refractivity contribution >= 4 is 0 Å². The Kier molecular flexibility index (Phi) is 2.59. The van der Waals surface area contributed by atoms with Crippen LogP contribution in [0.2, 0.25) is 0 Å². The minimum absolute atomic E-state index is 0.450. The molecule has 78 valence electrons. The third kappa shape index (κ3) is 1.57. The third-order valence-electron chi connectivity index (χ3n) is 3.06. The second-order valence-corrected chi connectivity index (χ2v) is 4.21. The normalized spacial score (nSPS) is 18.5. The molecule has 1 aliphatic rings. The molecule has 1 aromatic rings. The van der Waals surface area contributed by atoms with E-state index in [1.807, 2.05) is 6.20 Å². The lowest BCUT2D eigenvalue weighted by molar-refractivity contribution is 0.617. The van der Waals surface area contributed by atoms with Crippen LogP contribution in [-0.4, -0.2) is 16.3 Å². The molecular weight excluding hydrogens is 174 g/mol. The van der Waals surface area contributed by atoms with Gasteiger partial charge in [-0.3, -0.25) is 4.68 Å². The maximum atomic E-state index is 5.71. The Labute approximate surface area is 85.3 Å². The van der Waals surface area contributed by atoms with Gasteiger partial charge in [-0.25, -0.2) is 0 Å². The molecule has 1 aliphatic carbocycles. The van der Waals surface area contributed by atoms with Crippen molar-refractivity contribution in [3.8, 4) is 0 Å². The molecule has 3 heteroatoms. The zero-order chi connectivity index (χ0) is 10.1. The highest BCUT2D eigenvalue weighted by atomic mass is 15.3. The van der Waals surface area contributed by atoms with Crippen LogP contribution >= 0.6 is 0 Å². The summed E-state index contributed by atoms with van der Waals surface area (Å²) in [7, 11) is 0. The predicted octanol–water partition coefficient (Wildman–Crippen LogP) is 1.84. The van der Waals surface area contributed by atoms with Crippen molar-refractivity contribution in [2.24, 2.45) is 5.73 Å². The van der Waals surface area contributed by atoms with Crippen LogP contribution < -0.4 is 5.73 Å². The van der Waals surface area contributed by atoms with Crippen molar-refractivity contribution in [1.29, 1.82) is 0 Å². The first kappa shape index (κ1) is 9.71. The summed E-state index contributed by atoms with van der Waals surface area (Å²) in [5.41, 5.74) is 8.53. The van der Waals surface area contributed by atoms with E-state index >= 15 is 0 Å². The van der Waals surface area contributed by atoms with Crippen LogP contribution in [0, 0.1) is 0 Å². The average Bonchev–Trinajstić information content (AvgIpc) is 2.96. The molecule has 0 saturated heterocycles. The van der Waals surface area contributed by atoms with Crippen LogP contribution in [0.4, 0.5) is 0 Å². The van der Waals surface area contributed by atoms with E-state index in [9.17, 15) is 0 Å². The van der Waals surface area contributed by atoms with Gasteiger partial charge in [-0.15, -0.1) is 0 Å². The number of rotatable bonds is 4. The first-order chi connectivity index (χ1) is 6.77. The number of hydrogen-bond acceptors (Lipinski definition) is 2. The lowest BCUT2D eigenvalue weighted by Gasteiger charge is -2.10. The van der Waals surface area contributed by atoms with Crippen molar-refractivity contribution in [2.45, 2.75) is 45.1 Å². The van der Waals surface area contributed by atoms with Crippen LogP contribution in [0.25, 0.3) is 0 Å². The smallest absolute Gasteiger partial charge is 0.0528 e. The van der Waals surface area contributed by atoms with Gasteiger partial charge in [0, 0.05) is 18.2 Å². The number of nitrogens with zero attached hydrogens (tertiary/aromatic N) is 2. The van der Waals surface area contributed by atoms with E-state index in [0.29, 0.717) is 5.92 Å². The molecule has 2 rings (SSSR count). The van der Waals surface area contributed by atoms with Crippen LogP contribution in [0.5, 0.6) is 0 Å². The lowest BCUT2D eigenvalue weighted by Crippen LogP contribution is -2.11. The fourth-order valence-electron chi connectivity index (χ4n) is 1.97. The Hall–Kier alpha value is -0.830. The number of hydrogen-bond donors (Lipinski definition) is 1. The van der Waals surface area contributed by atoms with Crippen molar-refractivity contribution < 1.29 is 0 Å². The zero-order valence-electron chi connectivity index (χ0n) is 9.03. The summed E-state index contributed by atoms with van der Waals surface area (Å²) in [4.78, 5) is 0. The van der Waals surface area contributed by atoms with E-state index in [0.717, 1.165) is 19.0 Å². The molecule has 1 heterocycles. The molecule has 0 aromatic carbocycles. The molecule has 3 nitrogen and oxygen atoms in total. The molecule has 14 heavy (non-hydrogen) atoms. The van der Waals surface area contributed by atoms with E-state index in [1.54, 1.807) is 0 Å². The SMILES string of the molecule is CCn1ncc(C(C)CN)c1C1CC1. The number of aryl methyl sites for hydroxylation is 1. The molecule has 1 saturated carbocycles. The molecule has 0 radical (unpaired) electrons. The molecule has 1 unspecified atom stereocenters. The van der Waals surface area contributed by atoms with Crippen molar-refractivity contribution in [3.63, 3.8) is 0 Å². The van der Waals surface area contributed by atoms with Crippen molar-refractivity contribution in [3.05, 3.63) is 17.5 Å². The highest BCUT2D eigenvalue weighted by Crippen LogP contribution is 2.43. The van der Waals surface area contributed by atoms with Gasteiger partial charge in [-0.1, -0.05) is 6.92 Å². The zero-order valence-corrected chi connectivity index (χ0v) is 9.03. The Morgan fingerprint density at radius 2 is 2.36 bits per heavy atom. The average molecular weight is 193 g/mol. The molecule has 0 bridgehead atoms. The Morgan fingerprint density at radius 1 is 1.64 bits per heavy atom. The minimum Gasteiger partial charge on any atom is -0.330 e. The molecule has 1 fully saturated rings. The summed E-state index contributed by atoms with van der Waals surface area (Å²) in [6.45, 7) is 6.02. The summed E-state index contributed by atoms with van der Waals surface area (Å²) in [6.07, 6.45) is 4.67. The van der Waals surface area contributed by atoms with E-state index in [-0.39, 0.29) is 0 Å². The maximum Gasteiger partial charge on any atom is 0.0528 e. The fourth-order valence-corrected chi connectivity index (χ4v) is 1.97. The van der Waals surface area contributed by atoms with Gasteiger partial charge in [0.15, 0.2) is 0 Å². The summed E-state index contributed by atoms with van der Waals surface area (Å²) in [5, 5.41) is 4.43. The molecular formula is C11H19N3. The Balaban J connectivity index is 2.33. The second-order valence-electron chi connectivity index (χ2n) is 4.21. The fraction of sp³-hybridized carbons (Fsp3) is 0.727. The van der Waals surface area contributed by atoms with E-state index in [2.05, 4.69) is 23.6 Å². The highest BCUT2D eigenvalue weighted by molar-refractivity contribution is 5.28. The van der Waals surface area contributed by atoms with Crippen LogP contribution in [0.3, 0.4) is 0 Å². The van der Waals surface area contributed by atoms with Gasteiger partial charge in [0.25, 0.3) is 0 Å². The standard InChI is InChI=1S/C11H19N3/c1-3-14-11(9-4-5-9)10(7-13-14)8(2)6-12/h7-9H,3-6,12H2,1-2H3. The molecule has 2 N–H and O–H groups in total. The van der Waals surface area contributed by atoms with Crippen LogP contribution in [0.15, 0.2) is 6.20 Å². The molecule has 1 aromatic heterocycles. The first-order valence-corrected chi connectivity index (χ1v) is 5.53. The highest BCUT2D eigenvalue weighted by Gasteiger charge is 2.30. The van der Waals surface area contributed by atoms with E-state index in [4.69, 9.17) is 5.73 Å². The Morgan fingerprint density at radius 3 is 2.86 bits per heavy atom. The van der Waals surface area contributed by atoms with Crippen LogP contribution in [-0.2, 0) is 6.54 Å². The summed E-state index contributed by atoms with van der Waals surface area (Å²) < 4.78 is 2.14. The van der Waals surface area contributed by atoms with Gasteiger partial charge in [0.1, 0.15) is 0 Å². The van der Waals surface area contributed by atoms with E-state index in [1.165, 1.54) is 24.1 Å². The third-order valence-corrected chi connectivity index (χ3v) is 3.06. The van der Waals surface area contributed by atoms with Gasteiger partial charge < -0.3 is 5.73 Å². The van der Waals surface area contributed by atoms with Gasteiger partial charge in [0.05, 0.1) is 6.20 Å². The van der Waals surface area contributed by atoms with Gasteiger partial charge in [-0.2, -0.15) is 5.10 Å². The first-order valence-electron chi connectivity index (χ1n) is 5.53. The number of aromatic nitrogens is 2. The summed E-state index contributed by atoms with van der Waals surface area (Å²) in [5.74, 6) is 1.22. The minimum atomic E-state index is 0.450. The molecule has 1 atom stereocenters. The quantitative estimate of drug-likeness (QED) is 0.793. The molecule has 0 spiro atoms. The summed E-state index contributed by atoms with van der Waals surface area (Å²) in [6, 6.07) is 0. The van der Waals surface area contributed by atoms with Crippen molar-refractivity contribution in [1.82, 2.24) is 9.78 Å². The lowest BCUT2D eigenvalue weighted by atomic mass is 10.00. The van der Waals surface area contributed by atoms with Crippen molar-refractivity contribution in [2.75, 3.05) is 6.54 Å². The maximum absolute atomic E-state index is 5.71.